The summed E-state index contributed by atoms with van der Waals surface area (Å²) in [5, 5.41) is 0. The molecule has 29 heavy (non-hydrogen) atoms. The first-order valence-electron chi connectivity index (χ1n) is 12.6. The maximum Gasteiger partial charge on any atom is 0.165 e. The normalized spacial score (nSPS) is 19.4. The van der Waals surface area contributed by atoms with Crippen molar-refractivity contribution in [3.63, 3.8) is 0 Å². The van der Waals surface area contributed by atoms with E-state index in [1.54, 1.807) is 6.07 Å². The van der Waals surface area contributed by atoms with E-state index in [0.29, 0.717) is 12.4 Å². The van der Waals surface area contributed by atoms with Gasteiger partial charge in [0.15, 0.2) is 11.6 Å². The third kappa shape index (κ3) is 10.0. The predicted octanol–water partition coefficient (Wildman–Crippen LogP) is 8.88. The minimum absolute atomic E-state index is 0.190. The Labute approximate surface area is 179 Å². The molecule has 2 heteroatoms. The second-order valence-corrected chi connectivity index (χ2v) is 9.30. The van der Waals surface area contributed by atoms with E-state index in [4.69, 9.17) is 4.74 Å². The molecule has 1 aromatic carbocycles. The van der Waals surface area contributed by atoms with Crippen molar-refractivity contribution in [1.82, 2.24) is 0 Å². The van der Waals surface area contributed by atoms with Crippen molar-refractivity contribution < 1.29 is 9.13 Å². The number of aryl methyl sites for hydroxylation is 1. The molecule has 0 radical (unpaired) electrons. The van der Waals surface area contributed by atoms with Crippen LogP contribution in [0, 0.1) is 17.7 Å². The molecule has 0 heterocycles. The number of halogens is 1. The summed E-state index contributed by atoms with van der Waals surface area (Å²) < 4.78 is 19.9. The third-order valence-corrected chi connectivity index (χ3v) is 6.78. The molecule has 1 aliphatic rings. The Balaban J connectivity index is 1.60. The molecule has 2 rings (SSSR count). The van der Waals surface area contributed by atoms with Crippen LogP contribution in [-0.2, 0) is 6.42 Å². The van der Waals surface area contributed by atoms with Crippen LogP contribution in [-0.4, -0.2) is 6.61 Å². The molecule has 0 bridgehead atoms. The van der Waals surface area contributed by atoms with E-state index < -0.39 is 0 Å². The molecule has 1 fully saturated rings. The fourth-order valence-electron chi connectivity index (χ4n) is 4.74. The quantitative estimate of drug-likeness (QED) is 0.265. The van der Waals surface area contributed by atoms with Crippen LogP contribution in [0.25, 0.3) is 0 Å². The first-order chi connectivity index (χ1) is 14.2. The number of rotatable bonds is 15. The monoisotopic (exact) mass is 404 g/mol. The van der Waals surface area contributed by atoms with Crippen LogP contribution >= 0.6 is 0 Å². The zero-order chi connectivity index (χ0) is 20.7. The van der Waals surface area contributed by atoms with E-state index in [-0.39, 0.29) is 5.82 Å². The van der Waals surface area contributed by atoms with Gasteiger partial charge in [-0.1, -0.05) is 103 Å². The van der Waals surface area contributed by atoms with Crippen molar-refractivity contribution >= 4 is 0 Å². The van der Waals surface area contributed by atoms with Crippen LogP contribution in [0.2, 0.25) is 0 Å². The fourth-order valence-corrected chi connectivity index (χ4v) is 4.74. The fraction of sp³-hybridized carbons (Fsp3) is 0.778. The molecule has 0 spiro atoms. The number of ether oxygens (including phenoxy) is 1. The SMILES string of the molecule is CCCCCCCC1CCC(CCc2ccc(OCCCCCC)c(F)c2)CC1. The Hall–Kier alpha value is -1.05. The summed E-state index contributed by atoms with van der Waals surface area (Å²) >= 11 is 0. The Morgan fingerprint density at radius 2 is 1.41 bits per heavy atom. The highest BCUT2D eigenvalue weighted by molar-refractivity contribution is 5.29. The van der Waals surface area contributed by atoms with Crippen LogP contribution in [0.1, 0.15) is 116 Å². The smallest absolute Gasteiger partial charge is 0.165 e. The molecule has 0 N–H and O–H groups in total. The third-order valence-electron chi connectivity index (χ3n) is 6.78. The Kier molecular flexibility index (Phi) is 12.4. The number of hydrogen-bond acceptors (Lipinski definition) is 1. The van der Waals surface area contributed by atoms with E-state index in [2.05, 4.69) is 19.9 Å². The van der Waals surface area contributed by atoms with E-state index >= 15 is 0 Å². The first-order valence-corrected chi connectivity index (χ1v) is 12.6. The van der Waals surface area contributed by atoms with Gasteiger partial charge < -0.3 is 4.74 Å². The lowest BCUT2D eigenvalue weighted by molar-refractivity contribution is 0.248. The van der Waals surface area contributed by atoms with Crippen molar-refractivity contribution in [2.75, 3.05) is 6.61 Å². The molecule has 1 nitrogen and oxygen atoms in total. The Morgan fingerprint density at radius 1 is 0.793 bits per heavy atom. The highest BCUT2D eigenvalue weighted by Gasteiger charge is 2.20. The lowest BCUT2D eigenvalue weighted by Gasteiger charge is -2.28. The van der Waals surface area contributed by atoms with Gasteiger partial charge in [-0.3, -0.25) is 0 Å². The van der Waals surface area contributed by atoms with Crippen LogP contribution in [0.15, 0.2) is 18.2 Å². The Bertz CT molecular complexity index is 533. The molecule has 0 saturated heterocycles. The number of benzene rings is 1. The van der Waals surface area contributed by atoms with Gasteiger partial charge in [0.2, 0.25) is 0 Å². The summed E-state index contributed by atoms with van der Waals surface area (Å²) in [6, 6.07) is 5.59. The topological polar surface area (TPSA) is 9.23 Å². The van der Waals surface area contributed by atoms with Gasteiger partial charge in [-0.25, -0.2) is 4.39 Å². The molecule has 0 amide bonds. The van der Waals surface area contributed by atoms with Gasteiger partial charge in [0.1, 0.15) is 0 Å². The van der Waals surface area contributed by atoms with Gasteiger partial charge >= 0.3 is 0 Å². The van der Waals surface area contributed by atoms with E-state index in [0.717, 1.165) is 36.7 Å². The molecule has 166 valence electrons. The summed E-state index contributed by atoms with van der Waals surface area (Å²) in [6.07, 6.45) is 20.9. The highest BCUT2D eigenvalue weighted by Crippen LogP contribution is 2.34. The molecule has 0 aliphatic heterocycles. The van der Waals surface area contributed by atoms with Gasteiger partial charge in [-0.2, -0.15) is 0 Å². The van der Waals surface area contributed by atoms with Gasteiger partial charge in [0.25, 0.3) is 0 Å². The maximum atomic E-state index is 14.3. The summed E-state index contributed by atoms with van der Waals surface area (Å²) in [5.74, 6) is 2.04. The van der Waals surface area contributed by atoms with Gasteiger partial charge in [-0.15, -0.1) is 0 Å². The van der Waals surface area contributed by atoms with Crippen molar-refractivity contribution in [2.24, 2.45) is 11.8 Å². The van der Waals surface area contributed by atoms with Crippen LogP contribution in [0.4, 0.5) is 4.39 Å². The zero-order valence-corrected chi connectivity index (χ0v) is 19.2. The number of hydrogen-bond donors (Lipinski definition) is 0. The van der Waals surface area contributed by atoms with E-state index in [1.165, 1.54) is 83.5 Å². The lowest BCUT2D eigenvalue weighted by atomic mass is 9.77. The van der Waals surface area contributed by atoms with Crippen molar-refractivity contribution in [3.8, 4) is 5.75 Å². The maximum absolute atomic E-state index is 14.3. The standard InChI is InChI=1S/C27H45FO/c1-3-5-7-9-10-12-23-13-15-24(16-14-23)17-18-25-19-20-27(26(28)22-25)29-21-11-8-6-4-2/h19-20,22-24H,3-18,21H2,1-2H3. The predicted molar refractivity (Wildman–Crippen MR) is 123 cm³/mol. The second-order valence-electron chi connectivity index (χ2n) is 9.30. The van der Waals surface area contributed by atoms with Gasteiger partial charge in [0.05, 0.1) is 6.61 Å². The van der Waals surface area contributed by atoms with Gasteiger partial charge in [-0.05, 0) is 48.8 Å². The molecule has 1 aliphatic carbocycles. The van der Waals surface area contributed by atoms with E-state index in [9.17, 15) is 4.39 Å². The molecule has 1 saturated carbocycles. The van der Waals surface area contributed by atoms with Crippen LogP contribution < -0.4 is 4.74 Å². The van der Waals surface area contributed by atoms with E-state index in [1.807, 2.05) is 6.07 Å². The van der Waals surface area contributed by atoms with Crippen molar-refractivity contribution in [1.29, 1.82) is 0 Å². The zero-order valence-electron chi connectivity index (χ0n) is 19.2. The first kappa shape index (κ1) is 24.2. The average molecular weight is 405 g/mol. The summed E-state index contributed by atoms with van der Waals surface area (Å²) in [6.45, 7) is 5.10. The molecule has 0 atom stereocenters. The number of unbranched alkanes of at least 4 members (excludes halogenated alkanes) is 7. The molecule has 0 unspecified atom stereocenters. The van der Waals surface area contributed by atoms with Crippen LogP contribution in [0.3, 0.4) is 0 Å². The van der Waals surface area contributed by atoms with Crippen LogP contribution in [0.5, 0.6) is 5.75 Å². The average Bonchev–Trinajstić information content (AvgIpc) is 2.74. The van der Waals surface area contributed by atoms with Crippen molar-refractivity contribution in [3.05, 3.63) is 29.6 Å². The summed E-state index contributed by atoms with van der Waals surface area (Å²) in [7, 11) is 0. The molecular formula is C27H45FO. The highest BCUT2D eigenvalue weighted by atomic mass is 19.1. The molecule has 0 aromatic heterocycles. The van der Waals surface area contributed by atoms with Crippen molar-refractivity contribution in [2.45, 2.75) is 117 Å². The molecular weight excluding hydrogens is 359 g/mol. The lowest BCUT2D eigenvalue weighted by Crippen LogP contribution is -2.15. The summed E-state index contributed by atoms with van der Waals surface area (Å²) in [5.41, 5.74) is 1.12. The van der Waals surface area contributed by atoms with Gasteiger partial charge in [0, 0.05) is 0 Å². The minimum atomic E-state index is -0.190. The largest absolute Gasteiger partial charge is 0.491 e. The second kappa shape index (κ2) is 14.9. The molecule has 1 aromatic rings. The Morgan fingerprint density at radius 3 is 2.07 bits per heavy atom. The summed E-state index contributed by atoms with van der Waals surface area (Å²) in [4.78, 5) is 0. The minimum Gasteiger partial charge on any atom is -0.491 e.